The molecule has 0 saturated heterocycles. The van der Waals surface area contributed by atoms with Gasteiger partial charge in [0.05, 0.1) is 22.4 Å². The molecule has 0 saturated carbocycles. The molecule has 9 aromatic rings. The fourth-order valence-corrected chi connectivity index (χ4v) is 7.07. The predicted octanol–water partition coefficient (Wildman–Crippen LogP) is 13.6. The highest BCUT2D eigenvalue weighted by atomic mass is 15.2. The summed E-state index contributed by atoms with van der Waals surface area (Å²) in [6.45, 7) is 0. The van der Waals surface area contributed by atoms with Crippen molar-refractivity contribution >= 4 is 45.2 Å². The molecule has 8 aromatic carbocycles. The smallest absolute Gasteiger partial charge is 0.0973 e. The van der Waals surface area contributed by atoms with Crippen molar-refractivity contribution in [2.24, 2.45) is 0 Å². The Hall–Kier alpha value is -7.30. The fraction of sp³-hybridized carbons (Fsp3) is 0. The minimum atomic E-state index is 0.850. The molecule has 0 amide bonds. The largest absolute Gasteiger partial charge is 0.311 e. The van der Waals surface area contributed by atoms with Gasteiger partial charge in [-0.2, -0.15) is 0 Å². The van der Waals surface area contributed by atoms with Crippen LogP contribution in [0.1, 0.15) is 0 Å². The zero-order valence-corrected chi connectivity index (χ0v) is 29.6. The number of hydrogen-bond donors (Lipinski definition) is 0. The van der Waals surface area contributed by atoms with E-state index in [4.69, 9.17) is 9.97 Å². The van der Waals surface area contributed by atoms with Crippen LogP contribution in [0.5, 0.6) is 0 Å². The Morgan fingerprint density at radius 1 is 0.259 bits per heavy atom. The number of benzene rings is 8. The Kier molecular flexibility index (Phi) is 8.90. The molecule has 9 rings (SSSR count). The van der Waals surface area contributed by atoms with Crippen LogP contribution in [0.15, 0.2) is 218 Å². The van der Waals surface area contributed by atoms with E-state index in [1.54, 1.807) is 0 Å². The first-order chi connectivity index (χ1) is 26.8. The van der Waals surface area contributed by atoms with Gasteiger partial charge in [-0.05, 0) is 84.4 Å². The Morgan fingerprint density at radius 2 is 0.611 bits per heavy atom. The van der Waals surface area contributed by atoms with Gasteiger partial charge in [0.15, 0.2) is 0 Å². The molecule has 0 aliphatic carbocycles. The molecule has 4 heteroatoms. The predicted molar refractivity (Wildman–Crippen MR) is 225 cm³/mol. The maximum Gasteiger partial charge on any atom is 0.0973 e. The van der Waals surface area contributed by atoms with Crippen LogP contribution < -0.4 is 9.80 Å². The first kappa shape index (κ1) is 32.6. The molecule has 0 aliphatic heterocycles. The van der Waals surface area contributed by atoms with Crippen molar-refractivity contribution in [1.82, 2.24) is 9.97 Å². The molecule has 0 radical (unpaired) electrons. The van der Waals surface area contributed by atoms with Crippen LogP contribution in [0, 0.1) is 0 Å². The van der Waals surface area contributed by atoms with Crippen LogP contribution in [0.3, 0.4) is 0 Å². The van der Waals surface area contributed by atoms with Crippen molar-refractivity contribution in [3.63, 3.8) is 0 Å². The monoisotopic (exact) mass is 692 g/mol. The zero-order chi connectivity index (χ0) is 36.1. The van der Waals surface area contributed by atoms with E-state index < -0.39 is 0 Å². The first-order valence-electron chi connectivity index (χ1n) is 18.2. The van der Waals surface area contributed by atoms with Gasteiger partial charge in [-0.3, -0.25) is 0 Å². The third kappa shape index (κ3) is 6.49. The van der Waals surface area contributed by atoms with Gasteiger partial charge in [0.25, 0.3) is 0 Å². The number of anilines is 6. The van der Waals surface area contributed by atoms with Crippen molar-refractivity contribution < 1.29 is 0 Å². The summed E-state index contributed by atoms with van der Waals surface area (Å²) in [6.07, 6.45) is 0. The molecule has 0 bridgehead atoms. The van der Waals surface area contributed by atoms with Gasteiger partial charge in [-0.1, -0.05) is 140 Å². The third-order valence-electron chi connectivity index (χ3n) is 9.64. The van der Waals surface area contributed by atoms with Gasteiger partial charge < -0.3 is 9.80 Å². The lowest BCUT2D eigenvalue weighted by Gasteiger charge is -2.28. The third-order valence-corrected chi connectivity index (χ3v) is 9.64. The maximum absolute atomic E-state index is 5.34. The average Bonchev–Trinajstić information content (AvgIpc) is 3.26. The Bertz CT molecular complexity index is 2570. The normalized spacial score (nSPS) is 11.0. The van der Waals surface area contributed by atoms with Crippen LogP contribution in [-0.4, -0.2) is 9.97 Å². The topological polar surface area (TPSA) is 32.3 Å². The van der Waals surface area contributed by atoms with Crippen molar-refractivity contribution in [2.75, 3.05) is 9.80 Å². The highest BCUT2D eigenvalue weighted by molar-refractivity contribution is 5.95. The summed E-state index contributed by atoms with van der Waals surface area (Å²) in [5.41, 5.74) is 14.1. The lowest BCUT2D eigenvalue weighted by Crippen LogP contribution is -2.12. The Morgan fingerprint density at radius 3 is 1.07 bits per heavy atom. The molecule has 1 heterocycles. The molecule has 0 aliphatic rings. The summed E-state index contributed by atoms with van der Waals surface area (Å²) in [4.78, 5) is 15.2. The van der Waals surface area contributed by atoms with Gasteiger partial charge >= 0.3 is 0 Å². The minimum Gasteiger partial charge on any atom is -0.311 e. The molecule has 0 unspecified atom stereocenters. The van der Waals surface area contributed by atoms with Crippen molar-refractivity contribution in [3.8, 4) is 33.6 Å². The second kappa shape index (κ2) is 14.7. The Balaban J connectivity index is 1.12. The maximum atomic E-state index is 5.34. The first-order valence-corrected chi connectivity index (χ1v) is 18.2. The second-order valence-corrected chi connectivity index (χ2v) is 13.1. The number of fused-ring (bicyclic) bond motifs is 1. The zero-order valence-electron chi connectivity index (χ0n) is 29.6. The number of rotatable bonds is 9. The van der Waals surface area contributed by atoms with E-state index in [0.717, 1.165) is 78.8 Å². The minimum absolute atomic E-state index is 0.850. The highest BCUT2D eigenvalue weighted by Crippen LogP contribution is 2.40. The van der Waals surface area contributed by atoms with E-state index >= 15 is 0 Å². The van der Waals surface area contributed by atoms with E-state index in [9.17, 15) is 0 Å². The van der Waals surface area contributed by atoms with E-state index in [-0.39, 0.29) is 0 Å². The molecule has 0 spiro atoms. The highest BCUT2D eigenvalue weighted by Gasteiger charge is 2.19. The molecule has 1 aromatic heterocycles. The lowest BCUT2D eigenvalue weighted by atomic mass is 10.0. The molecule has 0 atom stereocenters. The van der Waals surface area contributed by atoms with E-state index in [2.05, 4.69) is 216 Å². The number of aromatic nitrogens is 2. The van der Waals surface area contributed by atoms with Gasteiger partial charge in [0.1, 0.15) is 0 Å². The van der Waals surface area contributed by atoms with Gasteiger partial charge in [0, 0.05) is 50.8 Å². The van der Waals surface area contributed by atoms with Gasteiger partial charge in [-0.25, -0.2) is 9.97 Å². The molecule has 0 N–H and O–H groups in total. The molecular formula is C50H36N4. The summed E-state index contributed by atoms with van der Waals surface area (Å²) in [7, 11) is 0. The quantitative estimate of drug-likeness (QED) is 0.151. The average molecular weight is 693 g/mol. The van der Waals surface area contributed by atoms with Crippen LogP contribution in [0.2, 0.25) is 0 Å². The molecule has 256 valence electrons. The van der Waals surface area contributed by atoms with Crippen molar-refractivity contribution in [1.29, 1.82) is 0 Å². The van der Waals surface area contributed by atoms with Crippen LogP contribution in [0.25, 0.3) is 44.7 Å². The number of hydrogen-bond acceptors (Lipinski definition) is 4. The van der Waals surface area contributed by atoms with Crippen molar-refractivity contribution in [3.05, 3.63) is 218 Å². The van der Waals surface area contributed by atoms with E-state index in [1.807, 2.05) is 12.1 Å². The fourth-order valence-electron chi connectivity index (χ4n) is 7.07. The number of para-hydroxylation sites is 4. The number of nitrogens with zero attached hydrogens (tertiary/aromatic N) is 4. The summed E-state index contributed by atoms with van der Waals surface area (Å²) in [5, 5.41) is 0. The lowest BCUT2D eigenvalue weighted by molar-refractivity contribution is 1.25. The standard InChI is InChI=1S/C50H36N4/c1-6-17-37(18-7-1)46-27-16-28-47-50(46)52-49(38-19-8-2-9-20-38)48(51-47)39-29-31-43(32-30-39)54(42-25-14-5-15-26-42)45-35-33-44(34-36-45)53(40-21-10-3-11-22-40)41-23-12-4-13-24-41/h1-36H. The Labute approximate surface area is 315 Å². The van der Waals surface area contributed by atoms with Crippen LogP contribution in [-0.2, 0) is 0 Å². The van der Waals surface area contributed by atoms with Gasteiger partial charge in [0.2, 0.25) is 0 Å². The van der Waals surface area contributed by atoms with Crippen LogP contribution >= 0.6 is 0 Å². The van der Waals surface area contributed by atoms with E-state index in [1.165, 1.54) is 0 Å². The molecule has 0 fully saturated rings. The summed E-state index contributed by atoms with van der Waals surface area (Å²) < 4.78 is 0. The SMILES string of the molecule is c1ccc(-c2nc3c(-c4ccccc4)cccc3nc2-c2ccc(N(c3ccccc3)c3ccc(N(c4ccccc4)c4ccccc4)cc3)cc2)cc1. The summed E-state index contributed by atoms with van der Waals surface area (Å²) >= 11 is 0. The van der Waals surface area contributed by atoms with Gasteiger partial charge in [-0.15, -0.1) is 0 Å². The molecular weight excluding hydrogens is 657 g/mol. The summed E-state index contributed by atoms with van der Waals surface area (Å²) in [6, 6.07) is 76.0. The van der Waals surface area contributed by atoms with Crippen molar-refractivity contribution in [2.45, 2.75) is 0 Å². The molecule has 4 nitrogen and oxygen atoms in total. The molecule has 54 heavy (non-hydrogen) atoms. The summed E-state index contributed by atoms with van der Waals surface area (Å²) in [5.74, 6) is 0. The second-order valence-electron chi connectivity index (χ2n) is 13.1. The van der Waals surface area contributed by atoms with Crippen LogP contribution in [0.4, 0.5) is 34.1 Å². The van der Waals surface area contributed by atoms with E-state index in [0.29, 0.717) is 0 Å².